The first-order chi connectivity index (χ1) is 11.6. The molecular formula is C18H18N2O2S2. The summed E-state index contributed by atoms with van der Waals surface area (Å²) in [6, 6.07) is 17.4. The maximum atomic E-state index is 12.2. The summed E-state index contributed by atoms with van der Waals surface area (Å²) in [5, 5.41) is 2.00. The quantitative estimate of drug-likeness (QED) is 0.703. The van der Waals surface area contributed by atoms with Gasteiger partial charge in [-0.05, 0) is 41.1 Å². The zero-order valence-corrected chi connectivity index (χ0v) is 14.7. The highest BCUT2D eigenvalue weighted by Crippen LogP contribution is 2.23. The van der Waals surface area contributed by atoms with E-state index in [0.717, 1.165) is 21.7 Å². The molecule has 4 nitrogen and oxygen atoms in total. The van der Waals surface area contributed by atoms with Crippen LogP contribution in [0.25, 0.3) is 10.6 Å². The lowest BCUT2D eigenvalue weighted by molar-refractivity contribution is 0.580. The number of hydrogen-bond donors (Lipinski definition) is 1. The molecule has 3 rings (SSSR count). The molecule has 0 unspecified atom stereocenters. The lowest BCUT2D eigenvalue weighted by Crippen LogP contribution is -2.26. The van der Waals surface area contributed by atoms with Crippen molar-refractivity contribution >= 4 is 21.4 Å². The topological polar surface area (TPSA) is 59.1 Å². The van der Waals surface area contributed by atoms with E-state index in [1.165, 1.54) is 0 Å². The normalized spacial score (nSPS) is 11.5. The van der Waals surface area contributed by atoms with Gasteiger partial charge in [0.15, 0.2) is 0 Å². The van der Waals surface area contributed by atoms with E-state index < -0.39 is 10.0 Å². The standard InChI is InChI=1S/C18H18N2O2S2/c21-24(22,12-9-15-5-2-1-3-6-15)20-14-16-8-10-19-17(13-16)18-7-4-11-23-18/h1-8,10-11,13,20H,9,12,14H2. The van der Waals surface area contributed by atoms with Crippen LogP contribution in [-0.4, -0.2) is 19.2 Å². The van der Waals surface area contributed by atoms with Gasteiger partial charge in [0.05, 0.1) is 16.3 Å². The second-order valence-corrected chi connectivity index (χ2v) is 8.28. The molecule has 0 amide bonds. The van der Waals surface area contributed by atoms with Gasteiger partial charge in [-0.3, -0.25) is 4.98 Å². The lowest BCUT2D eigenvalue weighted by Gasteiger charge is -2.08. The summed E-state index contributed by atoms with van der Waals surface area (Å²) in [7, 11) is -3.31. The fourth-order valence-electron chi connectivity index (χ4n) is 2.31. The summed E-state index contributed by atoms with van der Waals surface area (Å²) < 4.78 is 27.0. The van der Waals surface area contributed by atoms with Gasteiger partial charge in [0.2, 0.25) is 10.0 Å². The summed E-state index contributed by atoms with van der Waals surface area (Å²) >= 11 is 1.61. The maximum Gasteiger partial charge on any atom is 0.212 e. The molecule has 2 heterocycles. The summed E-state index contributed by atoms with van der Waals surface area (Å²) in [6.07, 6.45) is 2.22. The smallest absolute Gasteiger partial charge is 0.212 e. The first-order valence-corrected chi connectivity index (χ1v) is 10.2. The van der Waals surface area contributed by atoms with Crippen molar-refractivity contribution in [3.8, 4) is 10.6 Å². The molecule has 124 valence electrons. The van der Waals surface area contributed by atoms with Crippen LogP contribution in [0.15, 0.2) is 66.2 Å². The van der Waals surface area contributed by atoms with Crippen molar-refractivity contribution in [3.63, 3.8) is 0 Å². The molecule has 0 saturated heterocycles. The second kappa shape index (κ2) is 7.70. The average Bonchev–Trinajstić information content (AvgIpc) is 3.14. The van der Waals surface area contributed by atoms with Crippen molar-refractivity contribution in [2.24, 2.45) is 0 Å². The Morgan fingerprint density at radius 2 is 1.83 bits per heavy atom. The number of nitrogens with zero attached hydrogens (tertiary/aromatic N) is 1. The SMILES string of the molecule is O=S(=O)(CCc1ccccc1)NCc1ccnc(-c2cccs2)c1. The molecule has 0 aliphatic rings. The molecule has 3 aromatic rings. The van der Waals surface area contributed by atoms with Gasteiger partial charge in [-0.25, -0.2) is 13.1 Å². The van der Waals surface area contributed by atoms with Crippen LogP contribution in [0, 0.1) is 0 Å². The van der Waals surface area contributed by atoms with Gasteiger partial charge >= 0.3 is 0 Å². The van der Waals surface area contributed by atoms with Crippen LogP contribution in [0.2, 0.25) is 0 Å². The van der Waals surface area contributed by atoms with E-state index in [-0.39, 0.29) is 12.3 Å². The largest absolute Gasteiger partial charge is 0.255 e. The highest BCUT2D eigenvalue weighted by Gasteiger charge is 2.11. The van der Waals surface area contributed by atoms with E-state index in [1.807, 2.05) is 60.0 Å². The van der Waals surface area contributed by atoms with Crippen LogP contribution in [0.4, 0.5) is 0 Å². The molecule has 0 atom stereocenters. The molecule has 2 aromatic heterocycles. The monoisotopic (exact) mass is 358 g/mol. The van der Waals surface area contributed by atoms with Crippen LogP contribution < -0.4 is 4.72 Å². The Morgan fingerprint density at radius 3 is 2.58 bits per heavy atom. The molecule has 1 aromatic carbocycles. The molecule has 0 radical (unpaired) electrons. The lowest BCUT2D eigenvalue weighted by atomic mass is 10.2. The van der Waals surface area contributed by atoms with E-state index in [4.69, 9.17) is 0 Å². The Hall–Kier alpha value is -2.02. The molecule has 24 heavy (non-hydrogen) atoms. The predicted octanol–water partition coefficient (Wildman–Crippen LogP) is 3.47. The molecule has 0 fully saturated rings. The molecule has 0 saturated carbocycles. The minimum absolute atomic E-state index is 0.0832. The molecular weight excluding hydrogens is 340 g/mol. The van der Waals surface area contributed by atoms with Gasteiger partial charge in [0.1, 0.15) is 0 Å². The minimum Gasteiger partial charge on any atom is -0.255 e. The van der Waals surface area contributed by atoms with E-state index >= 15 is 0 Å². The van der Waals surface area contributed by atoms with E-state index in [1.54, 1.807) is 17.5 Å². The van der Waals surface area contributed by atoms with Crippen molar-refractivity contribution < 1.29 is 8.42 Å². The third kappa shape index (κ3) is 4.74. The molecule has 1 N–H and O–H groups in total. The Labute approximate surface area is 146 Å². The summed E-state index contributed by atoms with van der Waals surface area (Å²) in [6.45, 7) is 0.276. The highest BCUT2D eigenvalue weighted by atomic mass is 32.2. The van der Waals surface area contributed by atoms with Crippen molar-refractivity contribution in [2.75, 3.05) is 5.75 Å². The van der Waals surface area contributed by atoms with Crippen molar-refractivity contribution in [2.45, 2.75) is 13.0 Å². The second-order valence-electron chi connectivity index (χ2n) is 5.40. The van der Waals surface area contributed by atoms with Gasteiger partial charge in [-0.2, -0.15) is 0 Å². The van der Waals surface area contributed by atoms with Crippen LogP contribution in [-0.2, 0) is 23.0 Å². The zero-order valence-electron chi connectivity index (χ0n) is 13.1. The number of hydrogen-bond acceptors (Lipinski definition) is 4. The van der Waals surface area contributed by atoms with Crippen LogP contribution >= 0.6 is 11.3 Å². The number of pyridine rings is 1. The third-order valence-electron chi connectivity index (χ3n) is 3.60. The predicted molar refractivity (Wildman–Crippen MR) is 98.3 cm³/mol. The number of nitrogens with one attached hydrogen (secondary N) is 1. The Morgan fingerprint density at radius 1 is 1.00 bits per heavy atom. The fraction of sp³-hybridized carbons (Fsp3) is 0.167. The number of aromatic nitrogens is 1. The maximum absolute atomic E-state index is 12.2. The Bertz CT molecular complexity index is 876. The number of sulfonamides is 1. The molecule has 0 aliphatic carbocycles. The minimum atomic E-state index is -3.31. The third-order valence-corrected chi connectivity index (χ3v) is 5.81. The van der Waals surface area contributed by atoms with Gasteiger partial charge < -0.3 is 0 Å². The van der Waals surface area contributed by atoms with Crippen LogP contribution in [0.5, 0.6) is 0 Å². The highest BCUT2D eigenvalue weighted by molar-refractivity contribution is 7.89. The molecule has 6 heteroatoms. The number of benzene rings is 1. The zero-order chi connectivity index (χ0) is 16.8. The first-order valence-electron chi connectivity index (χ1n) is 7.62. The van der Waals surface area contributed by atoms with E-state index in [9.17, 15) is 8.42 Å². The van der Waals surface area contributed by atoms with E-state index in [0.29, 0.717) is 6.42 Å². The van der Waals surface area contributed by atoms with Crippen molar-refractivity contribution in [1.29, 1.82) is 0 Å². The fourth-order valence-corrected chi connectivity index (χ4v) is 4.03. The Balaban J connectivity index is 1.59. The summed E-state index contributed by atoms with van der Waals surface area (Å²) in [4.78, 5) is 5.41. The first kappa shape index (κ1) is 16.8. The molecule has 0 spiro atoms. The number of thiophene rings is 1. The summed E-state index contributed by atoms with van der Waals surface area (Å²) in [5.74, 6) is 0.0832. The van der Waals surface area contributed by atoms with Crippen LogP contribution in [0.1, 0.15) is 11.1 Å². The van der Waals surface area contributed by atoms with Crippen molar-refractivity contribution in [1.82, 2.24) is 9.71 Å². The van der Waals surface area contributed by atoms with Crippen molar-refractivity contribution in [3.05, 3.63) is 77.3 Å². The average molecular weight is 358 g/mol. The van der Waals surface area contributed by atoms with Crippen LogP contribution in [0.3, 0.4) is 0 Å². The van der Waals surface area contributed by atoms with Gasteiger partial charge in [0.25, 0.3) is 0 Å². The molecule has 0 bridgehead atoms. The summed E-state index contributed by atoms with van der Waals surface area (Å²) in [5.41, 5.74) is 2.79. The van der Waals surface area contributed by atoms with E-state index in [2.05, 4.69) is 9.71 Å². The molecule has 0 aliphatic heterocycles. The van der Waals surface area contributed by atoms with Gasteiger partial charge in [0, 0.05) is 12.7 Å². The Kier molecular flexibility index (Phi) is 5.40. The van der Waals surface area contributed by atoms with Gasteiger partial charge in [-0.15, -0.1) is 11.3 Å². The van der Waals surface area contributed by atoms with Gasteiger partial charge in [-0.1, -0.05) is 36.4 Å². The number of rotatable bonds is 7. The number of aryl methyl sites for hydroxylation is 1.